The predicted molar refractivity (Wildman–Crippen MR) is 113 cm³/mol. The summed E-state index contributed by atoms with van der Waals surface area (Å²) in [5.41, 5.74) is 1.45. The van der Waals surface area contributed by atoms with Crippen molar-refractivity contribution in [3.8, 4) is 0 Å². The molecule has 0 N–H and O–H groups in total. The van der Waals surface area contributed by atoms with Crippen LogP contribution in [0.1, 0.15) is 36.0 Å². The highest BCUT2D eigenvalue weighted by molar-refractivity contribution is 7.93. The van der Waals surface area contributed by atoms with Gasteiger partial charge in [-0.15, -0.1) is 0 Å². The second-order valence-electron chi connectivity index (χ2n) is 8.80. The summed E-state index contributed by atoms with van der Waals surface area (Å²) >= 11 is 0. The lowest BCUT2D eigenvalue weighted by Crippen LogP contribution is -2.69. The van der Waals surface area contributed by atoms with Gasteiger partial charge in [0.25, 0.3) is 5.91 Å². The van der Waals surface area contributed by atoms with E-state index in [0.717, 1.165) is 37.0 Å². The van der Waals surface area contributed by atoms with Gasteiger partial charge in [0.05, 0.1) is 11.3 Å². The molecular formula is C22H27N3O3S. The molecule has 3 fully saturated rings. The maximum absolute atomic E-state index is 13.0. The van der Waals surface area contributed by atoms with Crippen LogP contribution >= 0.6 is 0 Å². The molecule has 5 rings (SSSR count). The Bertz CT molecular complexity index is 1040. The van der Waals surface area contributed by atoms with E-state index in [1.165, 1.54) is 19.3 Å². The van der Waals surface area contributed by atoms with Gasteiger partial charge in [-0.1, -0.05) is 12.5 Å². The highest BCUT2D eigenvalue weighted by atomic mass is 32.2. The average Bonchev–Trinajstić information content (AvgIpc) is 2.97. The number of likely N-dealkylation sites (tertiary alicyclic amines) is 2. The molecule has 1 spiro atoms. The fourth-order valence-electron chi connectivity index (χ4n) is 5.32. The minimum atomic E-state index is -3.16. The zero-order valence-electron chi connectivity index (χ0n) is 16.6. The zero-order chi connectivity index (χ0) is 20.1. The molecule has 29 heavy (non-hydrogen) atoms. The Morgan fingerprint density at radius 1 is 1.14 bits per heavy atom. The highest BCUT2D eigenvalue weighted by Crippen LogP contribution is 2.45. The normalized spacial score (nSPS) is 25.9. The molecule has 7 heteroatoms. The van der Waals surface area contributed by atoms with Gasteiger partial charge < -0.3 is 9.80 Å². The first-order valence-corrected chi connectivity index (χ1v) is 12.2. The molecule has 3 saturated heterocycles. The molecule has 0 bridgehead atoms. The Labute approximate surface area is 171 Å². The van der Waals surface area contributed by atoms with Crippen LogP contribution in [0.15, 0.2) is 36.5 Å². The molecular weight excluding hydrogens is 386 g/mol. The largest absolute Gasteiger partial charge is 0.335 e. The molecule has 1 aromatic carbocycles. The average molecular weight is 414 g/mol. The first kappa shape index (κ1) is 19.0. The van der Waals surface area contributed by atoms with E-state index >= 15 is 0 Å². The summed E-state index contributed by atoms with van der Waals surface area (Å²) in [7, 11) is -3.16. The van der Waals surface area contributed by atoms with Crippen molar-refractivity contribution in [1.29, 1.82) is 0 Å². The number of pyridine rings is 1. The predicted octanol–water partition coefficient (Wildman–Crippen LogP) is 2.35. The van der Waals surface area contributed by atoms with Gasteiger partial charge in [-0.05, 0) is 62.5 Å². The van der Waals surface area contributed by atoms with Crippen LogP contribution in [-0.2, 0) is 9.84 Å². The molecule has 0 aliphatic carbocycles. The van der Waals surface area contributed by atoms with Crippen molar-refractivity contribution in [1.82, 2.24) is 14.8 Å². The molecule has 6 nitrogen and oxygen atoms in total. The molecule has 1 atom stereocenters. The number of hydrogen-bond donors (Lipinski definition) is 0. The summed E-state index contributed by atoms with van der Waals surface area (Å²) in [6, 6.07) is 9.28. The molecule has 154 valence electrons. The number of carbonyl (C=O) groups is 1. The molecule has 0 saturated carbocycles. The van der Waals surface area contributed by atoms with Gasteiger partial charge in [0.2, 0.25) is 0 Å². The van der Waals surface area contributed by atoms with Crippen LogP contribution in [0.3, 0.4) is 0 Å². The third-order valence-corrected chi connectivity index (χ3v) is 9.68. The second kappa shape index (κ2) is 7.06. The quantitative estimate of drug-likeness (QED) is 0.773. The number of sulfone groups is 1. The second-order valence-corrected chi connectivity index (χ2v) is 11.3. The Kier molecular flexibility index (Phi) is 4.62. The van der Waals surface area contributed by atoms with Crippen molar-refractivity contribution in [2.45, 2.75) is 30.4 Å². The number of rotatable bonds is 3. The van der Waals surface area contributed by atoms with Crippen LogP contribution in [0.5, 0.6) is 0 Å². The number of piperidine rings is 1. The number of hydrogen-bond acceptors (Lipinski definition) is 5. The topological polar surface area (TPSA) is 70.6 Å². The number of nitrogens with zero attached hydrogens (tertiary/aromatic N) is 3. The number of benzene rings is 1. The SMILES string of the molecule is O=C(c1ccc2ncccc2c1)N1CC2(C1)C(CN1CCCCC1)CCS2(=O)=O. The van der Waals surface area contributed by atoms with Crippen LogP contribution in [0.25, 0.3) is 10.9 Å². The van der Waals surface area contributed by atoms with Gasteiger partial charge in [-0.2, -0.15) is 0 Å². The molecule has 1 unspecified atom stereocenters. The van der Waals surface area contributed by atoms with Gasteiger partial charge >= 0.3 is 0 Å². The van der Waals surface area contributed by atoms with Crippen molar-refractivity contribution in [2.24, 2.45) is 5.92 Å². The van der Waals surface area contributed by atoms with Crippen molar-refractivity contribution < 1.29 is 13.2 Å². The van der Waals surface area contributed by atoms with E-state index in [-0.39, 0.29) is 17.6 Å². The van der Waals surface area contributed by atoms with E-state index in [1.807, 2.05) is 24.3 Å². The highest BCUT2D eigenvalue weighted by Gasteiger charge is 2.62. The van der Waals surface area contributed by atoms with E-state index in [9.17, 15) is 13.2 Å². The summed E-state index contributed by atoms with van der Waals surface area (Å²) in [5, 5.41) is 0.921. The van der Waals surface area contributed by atoms with Gasteiger partial charge in [-0.25, -0.2) is 8.42 Å². The molecule has 1 aromatic heterocycles. The minimum absolute atomic E-state index is 0.0831. The Morgan fingerprint density at radius 3 is 2.72 bits per heavy atom. The summed E-state index contributed by atoms with van der Waals surface area (Å²) in [4.78, 5) is 21.5. The minimum Gasteiger partial charge on any atom is -0.335 e. The van der Waals surface area contributed by atoms with Crippen LogP contribution in [0.4, 0.5) is 0 Å². The summed E-state index contributed by atoms with van der Waals surface area (Å²) in [6.45, 7) is 3.65. The molecule has 1 amide bonds. The smallest absolute Gasteiger partial charge is 0.253 e. The van der Waals surface area contributed by atoms with Crippen LogP contribution < -0.4 is 0 Å². The van der Waals surface area contributed by atoms with E-state index in [2.05, 4.69) is 9.88 Å². The van der Waals surface area contributed by atoms with Crippen LogP contribution in [-0.4, -0.2) is 72.3 Å². The van der Waals surface area contributed by atoms with Crippen LogP contribution in [0.2, 0.25) is 0 Å². The molecule has 4 heterocycles. The maximum atomic E-state index is 13.0. The zero-order valence-corrected chi connectivity index (χ0v) is 17.4. The number of fused-ring (bicyclic) bond motifs is 1. The fraction of sp³-hybridized carbons (Fsp3) is 0.545. The van der Waals surface area contributed by atoms with E-state index in [0.29, 0.717) is 18.7 Å². The summed E-state index contributed by atoms with van der Waals surface area (Å²) in [5.74, 6) is 0.311. The lowest BCUT2D eigenvalue weighted by atomic mass is 9.82. The Hall–Kier alpha value is -1.99. The number of carbonyl (C=O) groups excluding carboxylic acids is 1. The first-order valence-electron chi connectivity index (χ1n) is 10.6. The lowest BCUT2D eigenvalue weighted by molar-refractivity contribution is 0.0412. The monoisotopic (exact) mass is 413 g/mol. The lowest BCUT2D eigenvalue weighted by Gasteiger charge is -2.50. The molecule has 3 aliphatic heterocycles. The molecule has 3 aliphatic rings. The van der Waals surface area contributed by atoms with Gasteiger partial charge in [-0.3, -0.25) is 9.78 Å². The van der Waals surface area contributed by atoms with Crippen molar-refractivity contribution in [2.75, 3.05) is 38.5 Å². The van der Waals surface area contributed by atoms with Gasteiger partial charge in [0.1, 0.15) is 4.75 Å². The van der Waals surface area contributed by atoms with E-state index < -0.39 is 14.6 Å². The standard InChI is InChI=1S/C22H27N3O3S/c26-21(18-6-7-20-17(13-18)5-4-9-23-20)25-15-22(16-25)19(8-12-29(22,27)28)14-24-10-2-1-3-11-24/h4-7,9,13,19H,1-3,8,10-12,14-16H2. The van der Waals surface area contributed by atoms with Crippen molar-refractivity contribution in [3.63, 3.8) is 0 Å². The van der Waals surface area contributed by atoms with Crippen molar-refractivity contribution in [3.05, 3.63) is 42.1 Å². The number of aromatic nitrogens is 1. The Morgan fingerprint density at radius 2 is 1.93 bits per heavy atom. The maximum Gasteiger partial charge on any atom is 0.253 e. The van der Waals surface area contributed by atoms with Gasteiger partial charge in [0, 0.05) is 36.8 Å². The van der Waals surface area contributed by atoms with Crippen molar-refractivity contribution >= 4 is 26.6 Å². The van der Waals surface area contributed by atoms with Gasteiger partial charge in [0.15, 0.2) is 9.84 Å². The molecule has 2 aromatic rings. The van der Waals surface area contributed by atoms with E-state index in [4.69, 9.17) is 0 Å². The number of amides is 1. The fourth-order valence-corrected chi connectivity index (χ4v) is 7.73. The third-order valence-electron chi connectivity index (χ3n) is 7.08. The first-order chi connectivity index (χ1) is 14.0. The van der Waals surface area contributed by atoms with Crippen LogP contribution in [0, 0.1) is 5.92 Å². The summed E-state index contributed by atoms with van der Waals surface area (Å²) in [6.07, 6.45) is 6.13. The third kappa shape index (κ3) is 3.15. The van der Waals surface area contributed by atoms with E-state index in [1.54, 1.807) is 17.2 Å². The Balaban J connectivity index is 1.33. The summed E-state index contributed by atoms with van der Waals surface area (Å²) < 4.78 is 25.1. The molecule has 0 radical (unpaired) electrons.